The molecule has 6 rings (SSSR count). The van der Waals surface area contributed by atoms with Crippen LogP contribution in [0.5, 0.6) is 0 Å². The van der Waals surface area contributed by atoms with Crippen molar-refractivity contribution in [1.29, 1.82) is 0 Å². The Morgan fingerprint density at radius 3 is 2.49 bits per heavy atom. The van der Waals surface area contributed by atoms with Gasteiger partial charge in [0, 0.05) is 41.5 Å². The number of aromatic nitrogens is 3. The van der Waals surface area contributed by atoms with Gasteiger partial charge in [0.2, 0.25) is 11.6 Å². The van der Waals surface area contributed by atoms with E-state index in [-0.39, 0.29) is 41.8 Å². The van der Waals surface area contributed by atoms with Crippen LogP contribution >= 0.6 is 23.2 Å². The standard InChI is InChI=1S/C31H28Cl2FN5O4/c1-30(42,21-13-37-38(2)15-21)20-11-25-27(26(34)12-20)31(19-5-7-22(32)8-6-19,43-17-36-28(40)18-3-4-18)39(29(25)41)16-24-10-9-23(33)14-35-24/h5-15,18,42H,3-4,16-17H2,1-2H3,(H,36,40)/t30?,31-/m1/s1. The van der Waals surface area contributed by atoms with Gasteiger partial charge < -0.3 is 15.2 Å². The van der Waals surface area contributed by atoms with Crippen molar-refractivity contribution in [3.8, 4) is 0 Å². The molecule has 4 aromatic rings. The molecule has 2 atom stereocenters. The van der Waals surface area contributed by atoms with Crippen LogP contribution in [0.1, 0.15) is 58.1 Å². The lowest BCUT2D eigenvalue weighted by Gasteiger charge is -2.39. The maximum Gasteiger partial charge on any atom is 0.257 e. The van der Waals surface area contributed by atoms with Crippen molar-refractivity contribution >= 4 is 35.0 Å². The Bertz CT molecular complexity index is 1710. The molecule has 0 spiro atoms. The number of nitrogens with one attached hydrogen (secondary N) is 1. The van der Waals surface area contributed by atoms with Crippen molar-refractivity contribution in [3.63, 3.8) is 0 Å². The molecule has 0 bridgehead atoms. The van der Waals surface area contributed by atoms with Gasteiger partial charge in [-0.1, -0.05) is 35.3 Å². The molecule has 0 radical (unpaired) electrons. The first kappa shape index (κ1) is 29.3. The van der Waals surface area contributed by atoms with Crippen molar-refractivity contribution in [2.24, 2.45) is 13.0 Å². The summed E-state index contributed by atoms with van der Waals surface area (Å²) in [7, 11) is 1.70. The average molecular weight is 625 g/mol. The number of hydrogen-bond donors (Lipinski definition) is 2. The Morgan fingerprint density at radius 1 is 1.14 bits per heavy atom. The molecule has 0 saturated heterocycles. The minimum Gasteiger partial charge on any atom is -0.381 e. The maximum absolute atomic E-state index is 16.6. The summed E-state index contributed by atoms with van der Waals surface area (Å²) in [6.45, 7) is 1.12. The van der Waals surface area contributed by atoms with Crippen LogP contribution in [-0.2, 0) is 34.4 Å². The lowest BCUT2D eigenvalue weighted by Crippen LogP contribution is -2.49. The van der Waals surface area contributed by atoms with Gasteiger partial charge >= 0.3 is 0 Å². The molecule has 1 unspecified atom stereocenters. The van der Waals surface area contributed by atoms with Crippen molar-refractivity contribution in [2.45, 2.75) is 37.6 Å². The summed E-state index contributed by atoms with van der Waals surface area (Å²) in [4.78, 5) is 32.6. The highest BCUT2D eigenvalue weighted by atomic mass is 35.5. The number of fused-ring (bicyclic) bond motifs is 1. The second kappa shape index (κ2) is 11.0. The molecule has 2 N–H and O–H groups in total. The van der Waals surface area contributed by atoms with E-state index >= 15 is 4.39 Å². The molecule has 43 heavy (non-hydrogen) atoms. The summed E-state index contributed by atoms with van der Waals surface area (Å²) in [6, 6.07) is 12.5. The second-order valence-corrected chi connectivity index (χ2v) is 11.8. The molecular weight excluding hydrogens is 596 g/mol. The molecule has 2 amide bonds. The van der Waals surface area contributed by atoms with Gasteiger partial charge in [0.05, 0.1) is 34.6 Å². The molecule has 9 nitrogen and oxygen atoms in total. The molecule has 2 aliphatic rings. The number of benzene rings is 2. The van der Waals surface area contributed by atoms with Crippen molar-refractivity contribution in [2.75, 3.05) is 6.73 Å². The number of rotatable bonds is 9. The van der Waals surface area contributed by atoms with Crippen LogP contribution in [-0.4, -0.2) is 43.3 Å². The van der Waals surface area contributed by atoms with Gasteiger partial charge in [-0.3, -0.25) is 24.2 Å². The SMILES string of the molecule is Cn1cc(C(C)(O)c2cc(F)c3c(c2)C(=O)N(Cc2ccc(Cl)cn2)[C@@]3(OCNC(=O)C2CC2)c2ccc(Cl)cc2)cn1. The number of carbonyl (C=O) groups excluding carboxylic acids is 2. The molecule has 1 fully saturated rings. The quantitative estimate of drug-likeness (QED) is 0.257. The highest BCUT2D eigenvalue weighted by Gasteiger charge is 2.55. The number of hydrogen-bond acceptors (Lipinski definition) is 6. The van der Waals surface area contributed by atoms with E-state index in [1.54, 1.807) is 49.6 Å². The Balaban J connectivity index is 1.52. The van der Waals surface area contributed by atoms with Gasteiger partial charge in [0.1, 0.15) is 18.1 Å². The predicted octanol–water partition coefficient (Wildman–Crippen LogP) is 4.87. The number of aliphatic hydroxyl groups is 1. The Hall–Kier alpha value is -3.83. The third kappa shape index (κ3) is 5.29. The molecule has 3 heterocycles. The van der Waals surface area contributed by atoms with Crippen LogP contribution in [0.25, 0.3) is 0 Å². The largest absolute Gasteiger partial charge is 0.381 e. The zero-order valence-electron chi connectivity index (χ0n) is 23.4. The first-order chi connectivity index (χ1) is 20.5. The van der Waals surface area contributed by atoms with E-state index in [4.69, 9.17) is 27.9 Å². The number of carbonyl (C=O) groups is 2. The second-order valence-electron chi connectivity index (χ2n) is 11.0. The van der Waals surface area contributed by atoms with Crippen LogP contribution < -0.4 is 5.32 Å². The lowest BCUT2D eigenvalue weighted by atomic mass is 9.85. The highest BCUT2D eigenvalue weighted by Crippen LogP contribution is 2.49. The van der Waals surface area contributed by atoms with Crippen molar-refractivity contribution in [1.82, 2.24) is 25.0 Å². The molecule has 2 aromatic heterocycles. The van der Waals surface area contributed by atoms with Gasteiger partial charge in [-0.2, -0.15) is 5.10 Å². The molecule has 222 valence electrons. The van der Waals surface area contributed by atoms with Crippen LogP contribution in [0.4, 0.5) is 4.39 Å². The Labute approximate surface area is 257 Å². The Morgan fingerprint density at radius 2 is 1.86 bits per heavy atom. The minimum atomic E-state index is -1.82. The molecule has 1 aliphatic carbocycles. The van der Waals surface area contributed by atoms with Gasteiger partial charge in [-0.25, -0.2) is 4.39 Å². The summed E-state index contributed by atoms with van der Waals surface area (Å²) in [5.74, 6) is -1.60. The predicted molar refractivity (Wildman–Crippen MR) is 156 cm³/mol. The monoisotopic (exact) mass is 623 g/mol. The molecular formula is C31H28Cl2FN5O4. The van der Waals surface area contributed by atoms with Gasteiger partial charge in [0.15, 0.2) is 0 Å². The normalized spacial score (nSPS) is 19.3. The third-order valence-corrected chi connectivity index (χ3v) is 8.41. The van der Waals surface area contributed by atoms with Gasteiger partial charge in [-0.05, 0) is 61.7 Å². The van der Waals surface area contributed by atoms with Crippen molar-refractivity contribution in [3.05, 3.63) is 116 Å². The lowest BCUT2D eigenvalue weighted by molar-refractivity contribution is -0.137. The van der Waals surface area contributed by atoms with Crippen LogP contribution in [0, 0.1) is 11.7 Å². The number of halogens is 3. The fourth-order valence-corrected chi connectivity index (χ4v) is 5.66. The average Bonchev–Trinajstić information content (AvgIpc) is 3.69. The van der Waals surface area contributed by atoms with Crippen LogP contribution in [0.3, 0.4) is 0 Å². The molecule has 2 aromatic carbocycles. The number of ether oxygens (including phenoxy) is 1. The molecule has 1 saturated carbocycles. The van der Waals surface area contributed by atoms with Crippen molar-refractivity contribution < 1.29 is 23.8 Å². The van der Waals surface area contributed by atoms with Crippen LogP contribution in [0.2, 0.25) is 10.0 Å². The van der Waals surface area contributed by atoms with E-state index in [0.29, 0.717) is 26.9 Å². The number of aryl methyl sites for hydroxylation is 1. The zero-order valence-corrected chi connectivity index (χ0v) is 24.9. The van der Waals surface area contributed by atoms with E-state index in [1.165, 1.54) is 41.0 Å². The summed E-state index contributed by atoms with van der Waals surface area (Å²) < 4.78 is 24.5. The third-order valence-electron chi connectivity index (χ3n) is 7.93. The summed E-state index contributed by atoms with van der Waals surface area (Å²) in [6.07, 6.45) is 6.13. The van der Waals surface area contributed by atoms with Crippen LogP contribution in [0.15, 0.2) is 67.1 Å². The fraction of sp³-hybridized carbons (Fsp3) is 0.290. The summed E-state index contributed by atoms with van der Waals surface area (Å²) in [5.41, 5.74) is -2.09. The Kier molecular flexibility index (Phi) is 7.50. The minimum absolute atomic E-state index is 0.00315. The van der Waals surface area contributed by atoms with Gasteiger partial charge in [0.25, 0.3) is 5.91 Å². The first-order valence-corrected chi connectivity index (χ1v) is 14.4. The number of nitrogens with zero attached hydrogens (tertiary/aromatic N) is 4. The van der Waals surface area contributed by atoms with E-state index in [0.717, 1.165) is 12.8 Å². The highest BCUT2D eigenvalue weighted by molar-refractivity contribution is 6.30. The zero-order chi connectivity index (χ0) is 30.5. The van der Waals surface area contributed by atoms with E-state index in [1.807, 2.05) is 0 Å². The topological polar surface area (TPSA) is 110 Å². The van der Waals surface area contributed by atoms with E-state index in [2.05, 4.69) is 15.4 Å². The van der Waals surface area contributed by atoms with E-state index < -0.39 is 23.1 Å². The smallest absolute Gasteiger partial charge is 0.257 e. The summed E-state index contributed by atoms with van der Waals surface area (Å²) >= 11 is 12.3. The fourth-order valence-electron chi connectivity index (χ4n) is 5.42. The summed E-state index contributed by atoms with van der Waals surface area (Å²) in [5, 5.41) is 19.2. The molecule has 12 heteroatoms. The van der Waals surface area contributed by atoms with Gasteiger partial charge in [-0.15, -0.1) is 0 Å². The number of pyridine rings is 1. The van der Waals surface area contributed by atoms with E-state index in [9.17, 15) is 14.7 Å². The maximum atomic E-state index is 16.6. The molecule has 1 aliphatic heterocycles. The first-order valence-electron chi connectivity index (χ1n) is 13.7. The number of amides is 2.